The van der Waals surface area contributed by atoms with Crippen LogP contribution in [0, 0.1) is 0 Å². The molecule has 0 saturated carbocycles. The van der Waals surface area contributed by atoms with Crippen LogP contribution in [0.1, 0.15) is 39.0 Å². The molecule has 100 valence electrons. The lowest BCUT2D eigenvalue weighted by Crippen LogP contribution is -2.45. The van der Waals surface area contributed by atoms with E-state index >= 15 is 0 Å². The Bertz CT molecular complexity index is 364. The first kappa shape index (κ1) is 12.2. The maximum Gasteiger partial charge on any atom is 0.206 e. The summed E-state index contributed by atoms with van der Waals surface area (Å²) < 4.78 is 0. The smallest absolute Gasteiger partial charge is 0.206 e. The molecule has 3 rings (SSSR count). The number of rotatable bonds is 2. The van der Waals surface area contributed by atoms with Gasteiger partial charge in [0.1, 0.15) is 5.71 Å². The summed E-state index contributed by atoms with van der Waals surface area (Å²) >= 11 is 0. The highest BCUT2D eigenvalue weighted by Gasteiger charge is 2.36. The zero-order chi connectivity index (χ0) is 12.4. The molecule has 1 N–H and O–H groups in total. The quantitative estimate of drug-likeness (QED) is 0.812. The molecule has 0 aliphatic carbocycles. The van der Waals surface area contributed by atoms with Gasteiger partial charge in [-0.15, -0.1) is 0 Å². The summed E-state index contributed by atoms with van der Waals surface area (Å²) in [5, 5.41) is 7.81. The molecule has 0 aromatic rings. The molecule has 3 aliphatic rings. The Balaban J connectivity index is 1.80. The normalized spacial score (nSPS) is 33.2. The van der Waals surface area contributed by atoms with E-state index in [1.165, 1.54) is 43.5 Å². The van der Waals surface area contributed by atoms with Crippen molar-refractivity contribution in [1.29, 1.82) is 0 Å². The maximum atomic E-state index is 5.58. The van der Waals surface area contributed by atoms with Crippen molar-refractivity contribution in [3.8, 4) is 0 Å². The molecule has 0 amide bonds. The number of hydrogen-bond acceptors (Lipinski definition) is 4. The van der Waals surface area contributed by atoms with Gasteiger partial charge in [-0.2, -0.15) is 0 Å². The molecule has 4 heteroatoms. The molecule has 3 aliphatic heterocycles. The molecule has 0 spiro atoms. The fraction of sp³-hybridized carbons (Fsp3) is 0.786. The summed E-state index contributed by atoms with van der Waals surface area (Å²) in [5.74, 6) is 0. The zero-order valence-electron chi connectivity index (χ0n) is 11.2. The van der Waals surface area contributed by atoms with E-state index in [1.54, 1.807) is 0 Å². The topological polar surface area (TPSA) is 36.9 Å². The van der Waals surface area contributed by atoms with Gasteiger partial charge in [0.15, 0.2) is 0 Å². The van der Waals surface area contributed by atoms with Crippen molar-refractivity contribution in [2.24, 2.45) is 5.16 Å². The highest BCUT2D eigenvalue weighted by Crippen LogP contribution is 2.27. The third-order valence-electron chi connectivity index (χ3n) is 4.25. The molecule has 0 aromatic carbocycles. The Morgan fingerprint density at radius 3 is 3.28 bits per heavy atom. The van der Waals surface area contributed by atoms with Crippen molar-refractivity contribution in [3.05, 3.63) is 11.6 Å². The Hall–Kier alpha value is -0.870. The van der Waals surface area contributed by atoms with Crippen LogP contribution in [-0.2, 0) is 4.84 Å². The van der Waals surface area contributed by atoms with Crippen molar-refractivity contribution < 1.29 is 4.84 Å². The lowest BCUT2D eigenvalue weighted by Gasteiger charge is -2.34. The second-order valence-electron chi connectivity index (χ2n) is 5.36. The zero-order valence-corrected chi connectivity index (χ0v) is 11.2. The summed E-state index contributed by atoms with van der Waals surface area (Å²) in [4.78, 5) is 8.12. The highest BCUT2D eigenvalue weighted by molar-refractivity contribution is 6.05. The molecular formula is C14H23N3O. The second-order valence-corrected chi connectivity index (χ2v) is 5.36. The van der Waals surface area contributed by atoms with Gasteiger partial charge in [0.2, 0.25) is 6.23 Å². The average Bonchev–Trinajstić information content (AvgIpc) is 2.67. The van der Waals surface area contributed by atoms with E-state index in [-0.39, 0.29) is 6.23 Å². The number of nitrogens with zero attached hydrogens (tertiary/aromatic N) is 2. The van der Waals surface area contributed by atoms with Crippen molar-refractivity contribution in [2.75, 3.05) is 19.6 Å². The Morgan fingerprint density at radius 2 is 2.39 bits per heavy atom. The van der Waals surface area contributed by atoms with E-state index in [0.717, 1.165) is 19.5 Å². The molecule has 18 heavy (non-hydrogen) atoms. The third kappa shape index (κ3) is 2.19. The number of likely N-dealkylation sites (tertiary alicyclic amines) is 1. The highest BCUT2D eigenvalue weighted by atomic mass is 16.7. The number of piperidine rings is 1. The summed E-state index contributed by atoms with van der Waals surface area (Å²) in [6.45, 7) is 5.57. The number of fused-ring (bicyclic) bond motifs is 1. The predicted molar refractivity (Wildman–Crippen MR) is 72.5 cm³/mol. The largest absolute Gasteiger partial charge is 0.371 e. The van der Waals surface area contributed by atoms with Crippen LogP contribution in [0.4, 0.5) is 0 Å². The Morgan fingerprint density at radius 1 is 1.44 bits per heavy atom. The number of allylic oxidation sites excluding steroid dienone is 1. The Labute approximate surface area is 109 Å². The number of oxime groups is 1. The minimum atomic E-state index is 0.0168. The average molecular weight is 249 g/mol. The summed E-state index contributed by atoms with van der Waals surface area (Å²) in [6.07, 6.45) is 8.53. The van der Waals surface area contributed by atoms with Gasteiger partial charge in [-0.3, -0.25) is 10.2 Å². The van der Waals surface area contributed by atoms with Gasteiger partial charge < -0.3 is 4.84 Å². The van der Waals surface area contributed by atoms with Crippen LogP contribution >= 0.6 is 0 Å². The lowest BCUT2D eigenvalue weighted by atomic mass is 9.93. The van der Waals surface area contributed by atoms with Crippen LogP contribution in [0.5, 0.6) is 0 Å². The van der Waals surface area contributed by atoms with Crippen LogP contribution in [0.15, 0.2) is 16.8 Å². The first-order valence-electron chi connectivity index (χ1n) is 7.31. The first-order chi connectivity index (χ1) is 8.90. The van der Waals surface area contributed by atoms with Crippen LogP contribution < -0.4 is 5.32 Å². The lowest BCUT2D eigenvalue weighted by molar-refractivity contribution is 0.0802. The van der Waals surface area contributed by atoms with Crippen molar-refractivity contribution >= 4 is 5.71 Å². The standard InChI is InChI=1S/C14H23N3O/c1-2-17-10-6-4-8-12(17)13-11-7-3-5-9-15-14(11)18-16-13/h7,12,14-15H,2-6,8-10H2,1H3/t12-,14+/m1/s1. The van der Waals surface area contributed by atoms with E-state index in [2.05, 4.69) is 28.4 Å². The fourth-order valence-electron chi connectivity index (χ4n) is 3.24. The van der Waals surface area contributed by atoms with E-state index in [9.17, 15) is 0 Å². The number of hydrogen-bond donors (Lipinski definition) is 1. The molecule has 0 unspecified atom stereocenters. The van der Waals surface area contributed by atoms with Gasteiger partial charge in [0.25, 0.3) is 0 Å². The van der Waals surface area contributed by atoms with E-state index in [1.807, 2.05) is 0 Å². The van der Waals surface area contributed by atoms with Crippen molar-refractivity contribution in [1.82, 2.24) is 10.2 Å². The van der Waals surface area contributed by atoms with Crippen molar-refractivity contribution in [2.45, 2.75) is 51.3 Å². The molecule has 0 bridgehead atoms. The summed E-state index contributed by atoms with van der Waals surface area (Å²) in [5.41, 5.74) is 2.49. The molecule has 1 saturated heterocycles. The third-order valence-corrected chi connectivity index (χ3v) is 4.25. The van der Waals surface area contributed by atoms with Crippen LogP contribution in [0.25, 0.3) is 0 Å². The van der Waals surface area contributed by atoms with Gasteiger partial charge in [-0.05, 0) is 45.3 Å². The molecule has 2 atom stereocenters. The first-order valence-corrected chi connectivity index (χ1v) is 7.31. The molecule has 3 heterocycles. The van der Waals surface area contributed by atoms with Gasteiger partial charge >= 0.3 is 0 Å². The molecule has 1 fully saturated rings. The van der Waals surface area contributed by atoms with Crippen LogP contribution in [0.3, 0.4) is 0 Å². The Kier molecular flexibility index (Phi) is 3.66. The molecule has 4 nitrogen and oxygen atoms in total. The van der Waals surface area contributed by atoms with Gasteiger partial charge in [0, 0.05) is 5.57 Å². The molecular weight excluding hydrogens is 226 g/mol. The summed E-state index contributed by atoms with van der Waals surface area (Å²) in [7, 11) is 0. The van der Waals surface area contributed by atoms with E-state index < -0.39 is 0 Å². The van der Waals surface area contributed by atoms with Crippen molar-refractivity contribution in [3.63, 3.8) is 0 Å². The van der Waals surface area contributed by atoms with Gasteiger partial charge in [0.05, 0.1) is 6.04 Å². The van der Waals surface area contributed by atoms with E-state index in [4.69, 9.17) is 4.84 Å². The maximum absolute atomic E-state index is 5.58. The second kappa shape index (κ2) is 5.41. The fourth-order valence-corrected chi connectivity index (χ4v) is 3.24. The molecule has 0 aromatic heterocycles. The van der Waals surface area contributed by atoms with Crippen LogP contribution in [0.2, 0.25) is 0 Å². The summed E-state index contributed by atoms with van der Waals surface area (Å²) in [6, 6.07) is 0.472. The number of nitrogens with one attached hydrogen (secondary N) is 1. The SMILES string of the molecule is CCN1CCCC[C@@H]1C1=NO[C@@H]2NCCCC=C12. The molecule has 0 radical (unpaired) electrons. The monoisotopic (exact) mass is 249 g/mol. The minimum Gasteiger partial charge on any atom is -0.371 e. The van der Waals surface area contributed by atoms with Gasteiger partial charge in [-0.1, -0.05) is 24.6 Å². The van der Waals surface area contributed by atoms with Crippen LogP contribution in [-0.4, -0.2) is 42.5 Å². The van der Waals surface area contributed by atoms with Gasteiger partial charge in [-0.25, -0.2) is 0 Å². The minimum absolute atomic E-state index is 0.0168. The van der Waals surface area contributed by atoms with E-state index in [0.29, 0.717) is 6.04 Å². The predicted octanol–water partition coefficient (Wildman–Crippen LogP) is 1.88.